The number of aliphatic hydroxyl groups excluding tert-OH is 1. The number of hydrogen-bond acceptors (Lipinski definition) is 4. The van der Waals surface area contributed by atoms with Gasteiger partial charge in [-0.05, 0) is 19.4 Å². The maximum atomic E-state index is 12.3. The van der Waals surface area contributed by atoms with Crippen molar-refractivity contribution in [1.29, 1.82) is 0 Å². The molecule has 1 aliphatic rings. The fraction of sp³-hybridized carbons (Fsp3) is 0.462. The van der Waals surface area contributed by atoms with Crippen molar-refractivity contribution in [2.24, 2.45) is 7.05 Å². The van der Waals surface area contributed by atoms with Gasteiger partial charge in [0.1, 0.15) is 0 Å². The van der Waals surface area contributed by atoms with Gasteiger partial charge in [0, 0.05) is 31.7 Å². The van der Waals surface area contributed by atoms with E-state index in [4.69, 9.17) is 0 Å². The van der Waals surface area contributed by atoms with Crippen LogP contribution in [-0.4, -0.2) is 49.9 Å². The molecule has 0 radical (unpaired) electrons. The van der Waals surface area contributed by atoms with E-state index in [1.165, 1.54) is 0 Å². The van der Waals surface area contributed by atoms with Crippen LogP contribution < -0.4 is 0 Å². The molecule has 1 saturated heterocycles. The predicted molar refractivity (Wildman–Crippen MR) is 69.8 cm³/mol. The lowest BCUT2D eigenvalue weighted by Gasteiger charge is -2.15. The molecule has 1 amide bonds. The van der Waals surface area contributed by atoms with Gasteiger partial charge in [0.2, 0.25) is 0 Å². The number of likely N-dealkylation sites (tertiary alicyclic amines) is 1. The highest BCUT2D eigenvalue weighted by molar-refractivity contribution is 5.97. The Balaban J connectivity index is 1.97. The number of aromatic nitrogens is 3. The van der Waals surface area contributed by atoms with E-state index in [1.54, 1.807) is 15.8 Å². The van der Waals surface area contributed by atoms with Gasteiger partial charge in [0.25, 0.3) is 5.91 Å². The quantitative estimate of drug-likeness (QED) is 0.809. The highest BCUT2D eigenvalue weighted by atomic mass is 16.3. The third-order valence-electron chi connectivity index (χ3n) is 3.56. The average Bonchev–Trinajstić information content (AvgIpc) is 2.94. The number of nitrogens with zero attached hydrogens (tertiary/aromatic N) is 4. The molecule has 100 valence electrons. The number of aliphatic hydroxyl groups is 1. The van der Waals surface area contributed by atoms with E-state index in [2.05, 4.69) is 10.1 Å². The summed E-state index contributed by atoms with van der Waals surface area (Å²) in [6, 6.07) is 1.83. The molecule has 0 spiro atoms. The molecule has 1 aliphatic heterocycles. The summed E-state index contributed by atoms with van der Waals surface area (Å²) in [6.07, 6.45) is 1.82. The SMILES string of the molecule is Cc1nn(C)c2ncc(C(=O)N3CCC(O)C3)cc12. The van der Waals surface area contributed by atoms with Crippen LogP contribution in [-0.2, 0) is 7.05 Å². The van der Waals surface area contributed by atoms with Crippen molar-refractivity contribution in [2.45, 2.75) is 19.4 Å². The van der Waals surface area contributed by atoms with E-state index in [1.807, 2.05) is 20.0 Å². The minimum absolute atomic E-state index is 0.0748. The largest absolute Gasteiger partial charge is 0.391 e. The highest BCUT2D eigenvalue weighted by Crippen LogP contribution is 2.19. The molecule has 2 aromatic rings. The zero-order chi connectivity index (χ0) is 13.6. The number of carbonyl (C=O) groups is 1. The summed E-state index contributed by atoms with van der Waals surface area (Å²) in [5.41, 5.74) is 2.19. The van der Waals surface area contributed by atoms with Crippen molar-refractivity contribution < 1.29 is 9.90 Å². The molecule has 0 saturated carbocycles. The molecule has 0 bridgehead atoms. The second-order valence-electron chi connectivity index (χ2n) is 5.00. The number of β-amino-alcohol motifs (C(OH)–C–C–N with tert-alkyl or cyclic N) is 1. The van der Waals surface area contributed by atoms with Gasteiger partial charge in [0.15, 0.2) is 5.65 Å². The fourth-order valence-electron chi connectivity index (χ4n) is 2.53. The Morgan fingerprint density at radius 3 is 3.00 bits per heavy atom. The van der Waals surface area contributed by atoms with Gasteiger partial charge in [-0.15, -0.1) is 0 Å². The Morgan fingerprint density at radius 1 is 1.53 bits per heavy atom. The second-order valence-corrected chi connectivity index (χ2v) is 5.00. The number of pyridine rings is 1. The van der Waals surface area contributed by atoms with Gasteiger partial charge >= 0.3 is 0 Å². The van der Waals surface area contributed by atoms with Crippen molar-refractivity contribution in [3.8, 4) is 0 Å². The van der Waals surface area contributed by atoms with Crippen LogP contribution >= 0.6 is 0 Å². The van der Waals surface area contributed by atoms with E-state index in [0.717, 1.165) is 16.7 Å². The van der Waals surface area contributed by atoms with E-state index >= 15 is 0 Å². The summed E-state index contributed by atoms with van der Waals surface area (Å²) >= 11 is 0. The molecule has 19 heavy (non-hydrogen) atoms. The van der Waals surface area contributed by atoms with Gasteiger partial charge in [-0.3, -0.25) is 9.48 Å². The summed E-state index contributed by atoms with van der Waals surface area (Å²) < 4.78 is 1.71. The number of hydrogen-bond donors (Lipinski definition) is 1. The van der Waals surface area contributed by atoms with Crippen LogP contribution in [0.15, 0.2) is 12.3 Å². The first-order valence-corrected chi connectivity index (χ1v) is 6.33. The maximum Gasteiger partial charge on any atom is 0.255 e. The van der Waals surface area contributed by atoms with Crippen LogP contribution in [0.5, 0.6) is 0 Å². The molecule has 1 unspecified atom stereocenters. The predicted octanol–water partition coefficient (Wildman–Crippen LogP) is 0.484. The Kier molecular flexibility index (Phi) is 2.74. The van der Waals surface area contributed by atoms with Crippen LogP contribution in [0.1, 0.15) is 22.5 Å². The number of aryl methyl sites for hydroxylation is 2. The Labute approximate surface area is 110 Å². The molecular weight excluding hydrogens is 244 g/mol. The molecule has 1 N–H and O–H groups in total. The van der Waals surface area contributed by atoms with Crippen molar-refractivity contribution in [1.82, 2.24) is 19.7 Å². The molecule has 0 aliphatic carbocycles. The summed E-state index contributed by atoms with van der Waals surface area (Å²) in [5.74, 6) is -0.0748. The second kappa shape index (κ2) is 4.31. The number of rotatable bonds is 1. The average molecular weight is 260 g/mol. The van der Waals surface area contributed by atoms with Crippen molar-refractivity contribution in [3.63, 3.8) is 0 Å². The summed E-state index contributed by atoms with van der Waals surface area (Å²) in [4.78, 5) is 18.3. The van der Waals surface area contributed by atoms with Gasteiger partial charge in [-0.2, -0.15) is 5.10 Å². The van der Waals surface area contributed by atoms with Crippen LogP contribution in [0.25, 0.3) is 11.0 Å². The zero-order valence-corrected chi connectivity index (χ0v) is 11.0. The van der Waals surface area contributed by atoms with Gasteiger partial charge in [-0.1, -0.05) is 0 Å². The monoisotopic (exact) mass is 260 g/mol. The molecule has 1 atom stereocenters. The standard InChI is InChI=1S/C13H16N4O2/c1-8-11-5-9(6-14-12(11)16(2)15-8)13(19)17-4-3-10(18)7-17/h5-6,10,18H,3-4,7H2,1-2H3. The molecule has 3 rings (SSSR count). The third kappa shape index (κ3) is 1.98. The zero-order valence-electron chi connectivity index (χ0n) is 11.0. The minimum Gasteiger partial charge on any atom is -0.391 e. The lowest BCUT2D eigenvalue weighted by Crippen LogP contribution is -2.29. The normalized spacial score (nSPS) is 19.3. The first kappa shape index (κ1) is 12.1. The number of amides is 1. The van der Waals surface area contributed by atoms with E-state index in [-0.39, 0.29) is 5.91 Å². The maximum absolute atomic E-state index is 12.3. The topological polar surface area (TPSA) is 71.2 Å². The summed E-state index contributed by atoms with van der Waals surface area (Å²) in [6.45, 7) is 2.91. The lowest BCUT2D eigenvalue weighted by atomic mass is 10.2. The summed E-state index contributed by atoms with van der Waals surface area (Å²) in [7, 11) is 1.83. The van der Waals surface area contributed by atoms with Gasteiger partial charge in [-0.25, -0.2) is 4.98 Å². The molecule has 1 fully saturated rings. The fourth-order valence-corrected chi connectivity index (χ4v) is 2.53. The van der Waals surface area contributed by atoms with Crippen LogP contribution in [0.2, 0.25) is 0 Å². The molecular formula is C13H16N4O2. The number of fused-ring (bicyclic) bond motifs is 1. The van der Waals surface area contributed by atoms with E-state index in [0.29, 0.717) is 25.1 Å². The summed E-state index contributed by atoms with van der Waals surface area (Å²) in [5, 5.41) is 14.7. The molecule has 2 aromatic heterocycles. The Bertz CT molecular complexity index is 649. The minimum atomic E-state index is -0.402. The molecule has 6 heteroatoms. The third-order valence-corrected chi connectivity index (χ3v) is 3.56. The van der Waals surface area contributed by atoms with E-state index < -0.39 is 6.10 Å². The van der Waals surface area contributed by atoms with Crippen molar-refractivity contribution in [3.05, 3.63) is 23.5 Å². The van der Waals surface area contributed by atoms with Crippen LogP contribution in [0.4, 0.5) is 0 Å². The Hall–Kier alpha value is -1.95. The first-order valence-electron chi connectivity index (χ1n) is 6.33. The van der Waals surface area contributed by atoms with Crippen molar-refractivity contribution >= 4 is 16.9 Å². The molecule has 3 heterocycles. The van der Waals surface area contributed by atoms with Gasteiger partial charge < -0.3 is 10.0 Å². The highest BCUT2D eigenvalue weighted by Gasteiger charge is 2.26. The van der Waals surface area contributed by atoms with Gasteiger partial charge in [0.05, 0.1) is 17.4 Å². The van der Waals surface area contributed by atoms with E-state index in [9.17, 15) is 9.90 Å². The lowest BCUT2D eigenvalue weighted by molar-refractivity contribution is 0.0765. The smallest absolute Gasteiger partial charge is 0.255 e. The van der Waals surface area contributed by atoms with Crippen LogP contribution in [0, 0.1) is 6.92 Å². The molecule has 0 aromatic carbocycles. The Morgan fingerprint density at radius 2 is 2.32 bits per heavy atom. The van der Waals surface area contributed by atoms with Crippen molar-refractivity contribution in [2.75, 3.05) is 13.1 Å². The number of carbonyl (C=O) groups excluding carboxylic acids is 1. The van der Waals surface area contributed by atoms with Crippen LogP contribution in [0.3, 0.4) is 0 Å². The first-order chi connectivity index (χ1) is 9.06. The molecule has 6 nitrogen and oxygen atoms in total.